The Morgan fingerprint density at radius 1 is 1.29 bits per heavy atom. The summed E-state index contributed by atoms with van der Waals surface area (Å²) in [6, 6.07) is 6.97. The van der Waals surface area contributed by atoms with Crippen LogP contribution in [0, 0.1) is 6.92 Å². The molecular formula is C18H23N3O3. The van der Waals surface area contributed by atoms with E-state index in [0.717, 1.165) is 37.1 Å². The standard InChI is InChI=1S/C18H23N3O3/c1-12-7-3-4-8-13(12)16-15(17(22)24-2)14(19-18(23)20-16)11-21-9-5-6-10-21/h3-4,7-8,16H,5-6,9-11H2,1-2H3,(H2,19,20,23)/t16-/m1/s1. The van der Waals surface area contributed by atoms with Crippen molar-refractivity contribution in [2.75, 3.05) is 26.7 Å². The van der Waals surface area contributed by atoms with Crippen molar-refractivity contribution >= 4 is 12.0 Å². The number of likely N-dealkylation sites (tertiary alicyclic amines) is 1. The van der Waals surface area contributed by atoms with Crippen LogP contribution in [0.15, 0.2) is 35.5 Å². The van der Waals surface area contributed by atoms with Crippen LogP contribution in [-0.4, -0.2) is 43.6 Å². The number of carbonyl (C=O) groups is 2. The van der Waals surface area contributed by atoms with E-state index in [9.17, 15) is 9.59 Å². The Morgan fingerprint density at radius 3 is 2.67 bits per heavy atom. The molecule has 2 N–H and O–H groups in total. The molecule has 128 valence electrons. The number of hydrogen-bond acceptors (Lipinski definition) is 4. The summed E-state index contributed by atoms with van der Waals surface area (Å²) in [5, 5.41) is 5.68. The van der Waals surface area contributed by atoms with Gasteiger partial charge in [0.05, 0.1) is 18.7 Å². The average molecular weight is 329 g/mol. The number of ether oxygens (including phenoxy) is 1. The van der Waals surface area contributed by atoms with Gasteiger partial charge in [-0.3, -0.25) is 4.90 Å². The molecule has 1 aromatic rings. The molecule has 0 radical (unpaired) electrons. The van der Waals surface area contributed by atoms with Crippen LogP contribution in [0.4, 0.5) is 4.79 Å². The van der Waals surface area contributed by atoms with Crippen LogP contribution in [0.3, 0.4) is 0 Å². The molecule has 1 atom stereocenters. The number of amides is 2. The molecule has 1 saturated heterocycles. The zero-order valence-corrected chi connectivity index (χ0v) is 14.1. The summed E-state index contributed by atoms with van der Waals surface area (Å²) in [6.45, 7) is 4.49. The van der Waals surface area contributed by atoms with Gasteiger partial charge in [-0.15, -0.1) is 0 Å². The van der Waals surface area contributed by atoms with Gasteiger partial charge in [0.2, 0.25) is 0 Å². The van der Waals surface area contributed by atoms with Gasteiger partial charge in [-0.2, -0.15) is 0 Å². The first-order valence-corrected chi connectivity index (χ1v) is 8.27. The number of hydrogen-bond donors (Lipinski definition) is 2. The van der Waals surface area contributed by atoms with Crippen molar-refractivity contribution in [3.63, 3.8) is 0 Å². The Balaban J connectivity index is 2.03. The number of methoxy groups -OCH3 is 1. The number of nitrogens with one attached hydrogen (secondary N) is 2. The predicted octanol–water partition coefficient (Wildman–Crippen LogP) is 1.87. The summed E-state index contributed by atoms with van der Waals surface area (Å²) in [7, 11) is 1.37. The average Bonchev–Trinajstić information content (AvgIpc) is 3.07. The van der Waals surface area contributed by atoms with Gasteiger partial charge in [0.25, 0.3) is 0 Å². The Morgan fingerprint density at radius 2 is 2.00 bits per heavy atom. The maximum Gasteiger partial charge on any atom is 0.338 e. The number of aryl methyl sites for hydroxylation is 1. The van der Waals surface area contributed by atoms with Crippen molar-refractivity contribution < 1.29 is 14.3 Å². The van der Waals surface area contributed by atoms with E-state index < -0.39 is 12.0 Å². The lowest BCUT2D eigenvalue weighted by Gasteiger charge is -2.31. The molecule has 6 nitrogen and oxygen atoms in total. The Hall–Kier alpha value is -2.34. The van der Waals surface area contributed by atoms with E-state index in [1.165, 1.54) is 7.11 Å². The van der Waals surface area contributed by atoms with Gasteiger partial charge in [0.15, 0.2) is 0 Å². The van der Waals surface area contributed by atoms with Crippen molar-refractivity contribution in [2.24, 2.45) is 0 Å². The fourth-order valence-electron chi connectivity index (χ4n) is 3.40. The lowest BCUT2D eigenvalue weighted by molar-refractivity contribution is -0.136. The van der Waals surface area contributed by atoms with E-state index in [2.05, 4.69) is 15.5 Å². The molecule has 0 bridgehead atoms. The smallest absolute Gasteiger partial charge is 0.338 e. The molecule has 1 aromatic carbocycles. The maximum absolute atomic E-state index is 12.5. The molecule has 0 aromatic heterocycles. The van der Waals surface area contributed by atoms with E-state index in [1.807, 2.05) is 31.2 Å². The van der Waals surface area contributed by atoms with Gasteiger partial charge in [-0.1, -0.05) is 24.3 Å². The lowest BCUT2D eigenvalue weighted by atomic mass is 9.92. The minimum absolute atomic E-state index is 0.287. The molecule has 24 heavy (non-hydrogen) atoms. The monoisotopic (exact) mass is 329 g/mol. The highest BCUT2D eigenvalue weighted by Crippen LogP contribution is 2.30. The van der Waals surface area contributed by atoms with E-state index in [4.69, 9.17) is 4.74 Å². The molecule has 2 aliphatic heterocycles. The molecule has 3 rings (SSSR count). The van der Waals surface area contributed by atoms with Gasteiger partial charge in [0.1, 0.15) is 0 Å². The molecule has 2 heterocycles. The van der Waals surface area contributed by atoms with E-state index in [1.54, 1.807) is 0 Å². The molecule has 6 heteroatoms. The van der Waals surface area contributed by atoms with Crippen molar-refractivity contribution in [3.8, 4) is 0 Å². The number of benzene rings is 1. The molecule has 1 fully saturated rings. The summed E-state index contributed by atoms with van der Waals surface area (Å²) in [6.07, 6.45) is 2.29. The highest BCUT2D eigenvalue weighted by molar-refractivity contribution is 5.95. The normalized spacial score (nSPS) is 21.4. The summed E-state index contributed by atoms with van der Waals surface area (Å²) in [4.78, 5) is 26.9. The maximum atomic E-state index is 12.5. The third kappa shape index (κ3) is 3.28. The van der Waals surface area contributed by atoms with Gasteiger partial charge in [0, 0.05) is 12.2 Å². The molecule has 0 spiro atoms. The van der Waals surface area contributed by atoms with Crippen LogP contribution in [0.5, 0.6) is 0 Å². The third-order valence-corrected chi connectivity index (χ3v) is 4.64. The fraction of sp³-hybridized carbons (Fsp3) is 0.444. The zero-order chi connectivity index (χ0) is 17.1. The Labute approximate surface area is 141 Å². The molecule has 0 saturated carbocycles. The second kappa shape index (κ2) is 7.05. The van der Waals surface area contributed by atoms with Crippen LogP contribution in [0.2, 0.25) is 0 Å². The first-order valence-electron chi connectivity index (χ1n) is 8.27. The van der Waals surface area contributed by atoms with Crippen LogP contribution >= 0.6 is 0 Å². The number of esters is 1. The summed E-state index contributed by atoms with van der Waals surface area (Å²) >= 11 is 0. The first kappa shape index (κ1) is 16.5. The highest BCUT2D eigenvalue weighted by Gasteiger charge is 2.34. The van der Waals surface area contributed by atoms with Crippen molar-refractivity contribution in [1.29, 1.82) is 0 Å². The second-order valence-corrected chi connectivity index (χ2v) is 6.26. The number of rotatable bonds is 4. The topological polar surface area (TPSA) is 70.7 Å². The van der Waals surface area contributed by atoms with Crippen LogP contribution in [-0.2, 0) is 9.53 Å². The molecule has 2 amide bonds. The summed E-state index contributed by atoms with van der Waals surface area (Å²) in [5.74, 6) is -0.412. The van der Waals surface area contributed by atoms with Gasteiger partial charge >= 0.3 is 12.0 Å². The fourth-order valence-corrected chi connectivity index (χ4v) is 3.40. The van der Waals surface area contributed by atoms with Crippen molar-refractivity contribution in [2.45, 2.75) is 25.8 Å². The molecule has 0 aliphatic carbocycles. The summed E-state index contributed by atoms with van der Waals surface area (Å²) in [5.41, 5.74) is 3.05. The van der Waals surface area contributed by atoms with Gasteiger partial charge in [-0.05, 0) is 44.0 Å². The van der Waals surface area contributed by atoms with Gasteiger partial charge < -0.3 is 15.4 Å². The Kier molecular flexibility index (Phi) is 4.85. The highest BCUT2D eigenvalue weighted by atomic mass is 16.5. The van der Waals surface area contributed by atoms with Crippen LogP contribution in [0.1, 0.15) is 30.0 Å². The van der Waals surface area contributed by atoms with E-state index in [0.29, 0.717) is 17.8 Å². The van der Waals surface area contributed by atoms with Crippen LogP contribution < -0.4 is 10.6 Å². The second-order valence-electron chi connectivity index (χ2n) is 6.26. The van der Waals surface area contributed by atoms with Crippen LogP contribution in [0.25, 0.3) is 0 Å². The van der Waals surface area contributed by atoms with Crippen molar-refractivity contribution in [1.82, 2.24) is 15.5 Å². The molecule has 0 unspecified atom stereocenters. The predicted molar refractivity (Wildman–Crippen MR) is 90.3 cm³/mol. The largest absolute Gasteiger partial charge is 0.466 e. The number of urea groups is 1. The summed E-state index contributed by atoms with van der Waals surface area (Å²) < 4.78 is 5.00. The SMILES string of the molecule is COC(=O)C1=C(CN2CCCC2)NC(=O)N[C@@H]1c1ccccc1C. The number of nitrogens with zero attached hydrogens (tertiary/aromatic N) is 1. The quantitative estimate of drug-likeness (QED) is 0.828. The zero-order valence-electron chi connectivity index (χ0n) is 14.1. The minimum Gasteiger partial charge on any atom is -0.466 e. The number of carbonyl (C=O) groups excluding carboxylic acids is 2. The van der Waals surface area contributed by atoms with Gasteiger partial charge in [-0.25, -0.2) is 9.59 Å². The molecular weight excluding hydrogens is 306 g/mol. The third-order valence-electron chi connectivity index (χ3n) is 4.64. The Bertz CT molecular complexity index is 678. The van der Waals surface area contributed by atoms with E-state index >= 15 is 0 Å². The van der Waals surface area contributed by atoms with E-state index in [-0.39, 0.29) is 6.03 Å². The minimum atomic E-state index is -0.495. The van der Waals surface area contributed by atoms with Crippen molar-refractivity contribution in [3.05, 3.63) is 46.7 Å². The molecule has 2 aliphatic rings. The first-order chi connectivity index (χ1) is 11.6. The lowest BCUT2D eigenvalue weighted by Crippen LogP contribution is -2.48.